The van der Waals surface area contributed by atoms with E-state index in [4.69, 9.17) is 4.74 Å². The molecule has 3 rings (SSSR count). The van der Waals surface area contributed by atoms with Crippen LogP contribution in [0.1, 0.15) is 33.6 Å². The highest BCUT2D eigenvalue weighted by Crippen LogP contribution is 2.38. The summed E-state index contributed by atoms with van der Waals surface area (Å²) >= 11 is 1.64. The molecule has 0 aliphatic carbocycles. The first-order valence-electron chi connectivity index (χ1n) is 6.96. The summed E-state index contributed by atoms with van der Waals surface area (Å²) in [5, 5.41) is 1.98. The molecule has 0 amide bonds. The molecular weight excluding hydrogens is 268 g/mol. The minimum atomic E-state index is -0.410. The number of ether oxygens (including phenoxy) is 1. The van der Waals surface area contributed by atoms with Gasteiger partial charge in [-0.15, -0.1) is 11.3 Å². The van der Waals surface area contributed by atoms with Crippen LogP contribution in [-0.4, -0.2) is 19.0 Å². The van der Waals surface area contributed by atoms with Gasteiger partial charge < -0.3 is 4.74 Å². The van der Waals surface area contributed by atoms with E-state index in [0.717, 1.165) is 24.0 Å². The second-order valence-corrected chi connectivity index (χ2v) is 6.45. The van der Waals surface area contributed by atoms with Crippen molar-refractivity contribution >= 4 is 17.1 Å². The summed E-state index contributed by atoms with van der Waals surface area (Å²) in [6.07, 6.45) is 1.54. The van der Waals surface area contributed by atoms with Gasteiger partial charge in [0.25, 0.3) is 0 Å². The molecule has 1 aromatic heterocycles. The number of benzene rings is 1. The van der Waals surface area contributed by atoms with Gasteiger partial charge in [-0.25, -0.2) is 0 Å². The van der Waals surface area contributed by atoms with E-state index < -0.39 is 5.41 Å². The predicted octanol–water partition coefficient (Wildman–Crippen LogP) is 3.99. The third-order valence-corrected chi connectivity index (χ3v) is 4.96. The molecule has 0 bridgehead atoms. The van der Waals surface area contributed by atoms with Gasteiger partial charge in [-0.3, -0.25) is 4.79 Å². The van der Waals surface area contributed by atoms with E-state index >= 15 is 0 Å². The first-order chi connectivity index (χ1) is 9.72. The van der Waals surface area contributed by atoms with Crippen LogP contribution in [0.3, 0.4) is 0 Å². The second-order valence-electron chi connectivity index (χ2n) is 5.34. The summed E-state index contributed by atoms with van der Waals surface area (Å²) in [4.78, 5) is 14.3. The number of hydrogen-bond donors (Lipinski definition) is 0. The number of carbonyl (C=O) groups is 1. The second kappa shape index (κ2) is 5.51. The number of aryl methyl sites for hydroxylation is 1. The van der Waals surface area contributed by atoms with Crippen LogP contribution in [-0.2, 0) is 10.2 Å². The standard InChI is InChI=1S/C17H18O2S/c1-13-11-14(12-20-13)16(18)17(7-9-19-10-8-17)15-5-3-2-4-6-15/h2-6,11-12H,7-10H2,1H3. The van der Waals surface area contributed by atoms with Gasteiger partial charge in [-0.2, -0.15) is 0 Å². The van der Waals surface area contributed by atoms with Crippen LogP contribution in [0.15, 0.2) is 41.8 Å². The van der Waals surface area contributed by atoms with Crippen molar-refractivity contribution in [2.45, 2.75) is 25.2 Å². The van der Waals surface area contributed by atoms with E-state index in [1.165, 1.54) is 4.88 Å². The smallest absolute Gasteiger partial charge is 0.174 e. The van der Waals surface area contributed by atoms with Crippen molar-refractivity contribution in [1.82, 2.24) is 0 Å². The van der Waals surface area contributed by atoms with Crippen molar-refractivity contribution in [3.05, 3.63) is 57.8 Å². The highest BCUT2D eigenvalue weighted by Gasteiger charge is 2.42. The molecule has 3 heteroatoms. The Morgan fingerprint density at radius 3 is 2.50 bits per heavy atom. The molecule has 1 aromatic carbocycles. The van der Waals surface area contributed by atoms with Crippen molar-refractivity contribution in [2.24, 2.45) is 0 Å². The maximum absolute atomic E-state index is 13.1. The number of Topliss-reactive ketones (excluding diaryl/α,β-unsaturated/α-hetero) is 1. The van der Waals surface area contributed by atoms with E-state index in [0.29, 0.717) is 13.2 Å². The topological polar surface area (TPSA) is 26.3 Å². The van der Waals surface area contributed by atoms with Gasteiger partial charge >= 0.3 is 0 Å². The third kappa shape index (κ3) is 2.32. The van der Waals surface area contributed by atoms with E-state index in [1.807, 2.05) is 36.6 Å². The van der Waals surface area contributed by atoms with Crippen molar-refractivity contribution in [2.75, 3.05) is 13.2 Å². The van der Waals surface area contributed by atoms with E-state index in [2.05, 4.69) is 12.1 Å². The molecule has 0 saturated carbocycles. The minimum Gasteiger partial charge on any atom is -0.381 e. The molecule has 2 heterocycles. The fraction of sp³-hybridized carbons (Fsp3) is 0.353. The van der Waals surface area contributed by atoms with Crippen LogP contribution in [0.4, 0.5) is 0 Å². The fourth-order valence-electron chi connectivity index (χ4n) is 2.96. The van der Waals surface area contributed by atoms with Crippen molar-refractivity contribution in [3.63, 3.8) is 0 Å². The van der Waals surface area contributed by atoms with E-state index in [9.17, 15) is 4.79 Å². The maximum Gasteiger partial charge on any atom is 0.174 e. The molecule has 1 aliphatic heterocycles. The minimum absolute atomic E-state index is 0.247. The zero-order valence-electron chi connectivity index (χ0n) is 11.6. The van der Waals surface area contributed by atoms with E-state index in [-0.39, 0.29) is 5.78 Å². The van der Waals surface area contributed by atoms with Crippen molar-refractivity contribution in [1.29, 1.82) is 0 Å². The lowest BCUT2D eigenvalue weighted by Crippen LogP contribution is -2.41. The van der Waals surface area contributed by atoms with Crippen LogP contribution in [0.2, 0.25) is 0 Å². The molecule has 2 aromatic rings. The molecule has 20 heavy (non-hydrogen) atoms. The Morgan fingerprint density at radius 1 is 1.20 bits per heavy atom. The van der Waals surface area contributed by atoms with Crippen LogP contribution in [0.25, 0.3) is 0 Å². The van der Waals surface area contributed by atoms with Crippen LogP contribution in [0.5, 0.6) is 0 Å². The SMILES string of the molecule is Cc1cc(C(=O)C2(c3ccccc3)CCOCC2)cs1. The summed E-state index contributed by atoms with van der Waals surface area (Å²) < 4.78 is 5.49. The average Bonchev–Trinajstić information content (AvgIpc) is 2.94. The lowest BCUT2D eigenvalue weighted by atomic mass is 9.69. The van der Waals surface area contributed by atoms with Gasteiger partial charge in [0.05, 0.1) is 5.41 Å². The molecule has 1 aliphatic rings. The summed E-state index contributed by atoms with van der Waals surface area (Å²) in [7, 11) is 0. The largest absolute Gasteiger partial charge is 0.381 e. The Balaban J connectivity index is 2.04. The summed E-state index contributed by atoms with van der Waals surface area (Å²) in [6.45, 7) is 3.36. The molecular formula is C17H18O2S. The molecule has 1 fully saturated rings. The van der Waals surface area contributed by atoms with Crippen LogP contribution >= 0.6 is 11.3 Å². The number of thiophene rings is 1. The zero-order chi connectivity index (χ0) is 14.0. The Bertz CT molecular complexity index is 594. The third-order valence-electron chi connectivity index (χ3n) is 4.10. The maximum atomic E-state index is 13.1. The van der Waals surface area contributed by atoms with Crippen molar-refractivity contribution in [3.8, 4) is 0 Å². The Kier molecular flexibility index (Phi) is 3.72. The van der Waals surface area contributed by atoms with Gasteiger partial charge in [-0.05, 0) is 31.4 Å². The highest BCUT2D eigenvalue weighted by atomic mass is 32.1. The molecule has 0 spiro atoms. The zero-order valence-corrected chi connectivity index (χ0v) is 12.4. The quantitative estimate of drug-likeness (QED) is 0.798. The van der Waals surface area contributed by atoms with Gasteiger partial charge in [0.1, 0.15) is 0 Å². The Morgan fingerprint density at radius 2 is 1.90 bits per heavy atom. The first kappa shape index (κ1) is 13.5. The molecule has 2 nitrogen and oxygen atoms in total. The van der Waals surface area contributed by atoms with Crippen molar-refractivity contribution < 1.29 is 9.53 Å². The average molecular weight is 286 g/mol. The van der Waals surface area contributed by atoms with E-state index in [1.54, 1.807) is 11.3 Å². The molecule has 1 saturated heterocycles. The number of carbonyl (C=O) groups excluding carboxylic acids is 1. The molecule has 0 atom stereocenters. The molecule has 0 N–H and O–H groups in total. The normalized spacial score (nSPS) is 17.9. The van der Waals surface area contributed by atoms with Gasteiger partial charge in [0.2, 0.25) is 0 Å². The Hall–Kier alpha value is -1.45. The number of rotatable bonds is 3. The molecule has 104 valence electrons. The van der Waals surface area contributed by atoms with Crippen LogP contribution < -0.4 is 0 Å². The summed E-state index contributed by atoms with van der Waals surface area (Å²) in [5.41, 5.74) is 1.56. The summed E-state index contributed by atoms with van der Waals surface area (Å²) in [5.74, 6) is 0.247. The van der Waals surface area contributed by atoms with Gasteiger partial charge in [0, 0.05) is 29.0 Å². The first-order valence-corrected chi connectivity index (χ1v) is 7.83. The fourth-order valence-corrected chi connectivity index (χ4v) is 3.65. The lowest BCUT2D eigenvalue weighted by Gasteiger charge is -2.36. The monoisotopic (exact) mass is 286 g/mol. The molecule has 0 unspecified atom stereocenters. The van der Waals surface area contributed by atoms with Gasteiger partial charge in [0.15, 0.2) is 5.78 Å². The number of hydrogen-bond acceptors (Lipinski definition) is 3. The lowest BCUT2D eigenvalue weighted by molar-refractivity contribution is 0.0424. The highest BCUT2D eigenvalue weighted by molar-refractivity contribution is 7.10. The van der Waals surface area contributed by atoms with Gasteiger partial charge in [-0.1, -0.05) is 30.3 Å². The number of ketones is 1. The molecule has 0 radical (unpaired) electrons. The summed E-state index contributed by atoms with van der Waals surface area (Å²) in [6, 6.07) is 12.2. The predicted molar refractivity (Wildman–Crippen MR) is 81.6 cm³/mol. The van der Waals surface area contributed by atoms with Crippen LogP contribution in [0, 0.1) is 6.92 Å². The Labute approximate surface area is 123 Å².